The molecule has 4 rings (SSSR count). The summed E-state index contributed by atoms with van der Waals surface area (Å²) in [5.41, 5.74) is 1.88. The molecule has 0 fully saturated rings. The van der Waals surface area contributed by atoms with Gasteiger partial charge in [-0.1, -0.05) is 30.0 Å². The van der Waals surface area contributed by atoms with Gasteiger partial charge in [-0.15, -0.1) is 10.2 Å². The van der Waals surface area contributed by atoms with E-state index in [0.717, 1.165) is 22.6 Å². The fourth-order valence-corrected chi connectivity index (χ4v) is 3.37. The zero-order valence-electron chi connectivity index (χ0n) is 15.9. The van der Waals surface area contributed by atoms with Gasteiger partial charge in [0.25, 0.3) is 0 Å². The van der Waals surface area contributed by atoms with Crippen LogP contribution < -0.4 is 20.1 Å². The molecule has 1 amide bonds. The molecule has 2 heterocycles. The maximum atomic E-state index is 12.9. The first-order valence-electron chi connectivity index (χ1n) is 9.26. The fraction of sp³-hybridized carbons (Fsp3) is 0.190. The number of amides is 1. The van der Waals surface area contributed by atoms with Crippen molar-refractivity contribution < 1.29 is 18.7 Å². The van der Waals surface area contributed by atoms with Gasteiger partial charge >= 0.3 is 0 Å². The van der Waals surface area contributed by atoms with Crippen LogP contribution in [0.15, 0.2) is 59.6 Å². The maximum Gasteiger partial charge on any atom is 0.231 e. The van der Waals surface area contributed by atoms with Gasteiger partial charge in [0, 0.05) is 13.1 Å². The molecule has 154 valence electrons. The normalized spacial score (nSPS) is 11.9. The lowest BCUT2D eigenvalue weighted by atomic mass is 10.2. The minimum atomic E-state index is -0.298. The third kappa shape index (κ3) is 5.38. The number of aromatic nitrogens is 2. The van der Waals surface area contributed by atoms with E-state index in [1.165, 1.54) is 23.9 Å². The SMILES string of the molecule is O=C(CSc1ccc(NCc2ccc3c(c2)OCO3)nn1)NCc1ccc(F)cc1. The summed E-state index contributed by atoms with van der Waals surface area (Å²) in [5, 5.41) is 14.9. The molecule has 0 saturated carbocycles. The Morgan fingerprint density at radius 2 is 1.77 bits per heavy atom. The summed E-state index contributed by atoms with van der Waals surface area (Å²) >= 11 is 1.30. The number of benzene rings is 2. The van der Waals surface area contributed by atoms with Crippen LogP contribution >= 0.6 is 11.8 Å². The van der Waals surface area contributed by atoms with Gasteiger partial charge in [-0.25, -0.2) is 4.39 Å². The highest BCUT2D eigenvalue weighted by Crippen LogP contribution is 2.32. The van der Waals surface area contributed by atoms with E-state index in [1.54, 1.807) is 12.1 Å². The van der Waals surface area contributed by atoms with E-state index < -0.39 is 0 Å². The summed E-state index contributed by atoms with van der Waals surface area (Å²) in [4.78, 5) is 12.0. The van der Waals surface area contributed by atoms with E-state index in [0.29, 0.717) is 23.9 Å². The van der Waals surface area contributed by atoms with Crippen molar-refractivity contribution in [2.45, 2.75) is 18.1 Å². The number of nitrogens with zero attached hydrogens (tertiary/aromatic N) is 2. The minimum Gasteiger partial charge on any atom is -0.454 e. The minimum absolute atomic E-state index is 0.129. The Balaban J connectivity index is 1.20. The van der Waals surface area contributed by atoms with Crippen molar-refractivity contribution in [2.24, 2.45) is 0 Å². The van der Waals surface area contributed by atoms with E-state index >= 15 is 0 Å². The van der Waals surface area contributed by atoms with Gasteiger partial charge in [-0.05, 0) is 47.5 Å². The van der Waals surface area contributed by atoms with Gasteiger partial charge in [0.15, 0.2) is 11.5 Å². The number of carbonyl (C=O) groups excluding carboxylic acids is 1. The zero-order valence-corrected chi connectivity index (χ0v) is 16.7. The highest BCUT2D eigenvalue weighted by molar-refractivity contribution is 7.99. The Hall–Kier alpha value is -3.33. The highest BCUT2D eigenvalue weighted by atomic mass is 32.2. The predicted octanol–water partition coefficient (Wildman–Crippen LogP) is 3.37. The number of hydrogen-bond acceptors (Lipinski definition) is 7. The number of anilines is 1. The van der Waals surface area contributed by atoms with Gasteiger partial charge in [0.2, 0.25) is 12.7 Å². The van der Waals surface area contributed by atoms with E-state index in [9.17, 15) is 9.18 Å². The van der Waals surface area contributed by atoms with Crippen molar-refractivity contribution in [1.82, 2.24) is 15.5 Å². The van der Waals surface area contributed by atoms with Crippen LogP contribution in [0.25, 0.3) is 0 Å². The van der Waals surface area contributed by atoms with Crippen molar-refractivity contribution in [3.8, 4) is 11.5 Å². The number of hydrogen-bond donors (Lipinski definition) is 2. The molecule has 0 bridgehead atoms. The first-order chi connectivity index (χ1) is 14.7. The van der Waals surface area contributed by atoms with Crippen LogP contribution in [0.1, 0.15) is 11.1 Å². The van der Waals surface area contributed by atoms with Crippen LogP contribution in [0.2, 0.25) is 0 Å². The van der Waals surface area contributed by atoms with E-state index in [4.69, 9.17) is 9.47 Å². The molecule has 1 aliphatic rings. The Morgan fingerprint density at radius 3 is 2.57 bits per heavy atom. The first kappa shape index (κ1) is 20.0. The van der Waals surface area contributed by atoms with Crippen LogP contribution in [0.5, 0.6) is 11.5 Å². The summed E-state index contributed by atoms with van der Waals surface area (Å²) in [7, 11) is 0. The molecule has 2 N–H and O–H groups in total. The summed E-state index contributed by atoms with van der Waals surface area (Å²) in [5.74, 6) is 1.92. The summed E-state index contributed by atoms with van der Waals surface area (Å²) in [6, 6.07) is 15.4. The number of halogens is 1. The lowest BCUT2D eigenvalue weighted by molar-refractivity contribution is -0.118. The predicted molar refractivity (Wildman–Crippen MR) is 111 cm³/mol. The number of carbonyl (C=O) groups is 1. The molecule has 1 aromatic heterocycles. The molecule has 30 heavy (non-hydrogen) atoms. The van der Waals surface area contributed by atoms with Gasteiger partial charge in [-0.2, -0.15) is 0 Å². The average molecular weight is 426 g/mol. The molecule has 0 spiro atoms. The number of fused-ring (bicyclic) bond motifs is 1. The van der Waals surface area contributed by atoms with Crippen LogP contribution in [0, 0.1) is 5.82 Å². The molecule has 2 aromatic carbocycles. The summed E-state index contributed by atoms with van der Waals surface area (Å²) in [6.07, 6.45) is 0. The lowest BCUT2D eigenvalue weighted by Gasteiger charge is -2.07. The number of nitrogens with one attached hydrogen (secondary N) is 2. The summed E-state index contributed by atoms with van der Waals surface area (Å²) < 4.78 is 23.6. The molecular formula is C21H19FN4O3S. The maximum absolute atomic E-state index is 12.9. The van der Waals surface area contributed by atoms with Crippen LogP contribution in [-0.4, -0.2) is 28.7 Å². The third-order valence-electron chi connectivity index (χ3n) is 4.30. The Morgan fingerprint density at radius 1 is 0.967 bits per heavy atom. The second kappa shape index (κ2) is 9.45. The van der Waals surface area contributed by atoms with Crippen LogP contribution in [-0.2, 0) is 17.9 Å². The Bertz CT molecular complexity index is 1020. The molecule has 3 aromatic rings. The quantitative estimate of drug-likeness (QED) is 0.534. The molecule has 0 unspecified atom stereocenters. The van der Waals surface area contributed by atoms with Crippen molar-refractivity contribution >= 4 is 23.5 Å². The van der Waals surface area contributed by atoms with E-state index in [2.05, 4.69) is 20.8 Å². The average Bonchev–Trinajstić information content (AvgIpc) is 3.24. The van der Waals surface area contributed by atoms with Crippen molar-refractivity contribution in [3.05, 3.63) is 71.5 Å². The molecule has 9 heteroatoms. The molecule has 0 radical (unpaired) electrons. The second-order valence-corrected chi connectivity index (χ2v) is 7.49. The fourth-order valence-electron chi connectivity index (χ4n) is 2.73. The Labute approximate surface area is 177 Å². The second-order valence-electron chi connectivity index (χ2n) is 6.49. The molecule has 0 saturated heterocycles. The largest absolute Gasteiger partial charge is 0.454 e. The van der Waals surface area contributed by atoms with Crippen molar-refractivity contribution in [1.29, 1.82) is 0 Å². The van der Waals surface area contributed by atoms with Gasteiger partial charge in [0.1, 0.15) is 16.7 Å². The number of thioether (sulfide) groups is 1. The van der Waals surface area contributed by atoms with Crippen molar-refractivity contribution in [2.75, 3.05) is 17.9 Å². The van der Waals surface area contributed by atoms with Gasteiger partial charge in [0.05, 0.1) is 5.75 Å². The van der Waals surface area contributed by atoms with Gasteiger partial charge < -0.3 is 20.1 Å². The van der Waals surface area contributed by atoms with E-state index in [-0.39, 0.29) is 24.3 Å². The third-order valence-corrected chi connectivity index (χ3v) is 5.22. The smallest absolute Gasteiger partial charge is 0.231 e. The first-order valence-corrected chi connectivity index (χ1v) is 10.2. The topological polar surface area (TPSA) is 85.4 Å². The molecule has 0 atom stereocenters. The lowest BCUT2D eigenvalue weighted by Crippen LogP contribution is -2.24. The molecule has 1 aliphatic heterocycles. The molecular weight excluding hydrogens is 407 g/mol. The Kier molecular flexibility index (Phi) is 6.29. The van der Waals surface area contributed by atoms with Crippen LogP contribution in [0.3, 0.4) is 0 Å². The van der Waals surface area contributed by atoms with E-state index in [1.807, 2.05) is 30.3 Å². The summed E-state index contributed by atoms with van der Waals surface area (Å²) in [6.45, 7) is 1.18. The number of rotatable bonds is 8. The monoisotopic (exact) mass is 426 g/mol. The standard InChI is InChI=1S/C21H19FN4O3S/c22-16-4-1-14(2-5-16)10-24-20(27)12-30-21-8-7-19(25-26-21)23-11-15-3-6-17-18(9-15)29-13-28-17/h1-9H,10-13H2,(H,23,25)(H,24,27). The van der Waals surface area contributed by atoms with Crippen LogP contribution in [0.4, 0.5) is 10.2 Å². The number of ether oxygens (including phenoxy) is 2. The van der Waals surface area contributed by atoms with Crippen molar-refractivity contribution in [3.63, 3.8) is 0 Å². The zero-order chi connectivity index (χ0) is 20.8. The molecule has 7 nitrogen and oxygen atoms in total. The highest BCUT2D eigenvalue weighted by Gasteiger charge is 2.13. The molecule has 0 aliphatic carbocycles. The van der Waals surface area contributed by atoms with Gasteiger partial charge in [-0.3, -0.25) is 4.79 Å².